The number of hydrogen-bond donors (Lipinski definition) is 1. The molecule has 0 saturated heterocycles. The quantitative estimate of drug-likeness (QED) is 0.217. The minimum absolute atomic E-state index is 0.0280. The van der Waals surface area contributed by atoms with Crippen molar-refractivity contribution in [2.24, 2.45) is 0 Å². The number of halogens is 7. The molecule has 0 unspecified atom stereocenters. The summed E-state index contributed by atoms with van der Waals surface area (Å²) in [6, 6.07) is 5.32. The minimum Gasteiger partial charge on any atom is -0.434 e. The van der Waals surface area contributed by atoms with Crippen molar-refractivity contribution >= 4 is 52.1 Å². The van der Waals surface area contributed by atoms with Gasteiger partial charge in [0.1, 0.15) is 10.8 Å². The van der Waals surface area contributed by atoms with E-state index >= 15 is 0 Å². The molecule has 33 heavy (non-hydrogen) atoms. The Morgan fingerprint density at radius 3 is 2.24 bits per heavy atom. The largest absolute Gasteiger partial charge is 0.434 e. The van der Waals surface area contributed by atoms with Crippen molar-refractivity contribution in [1.29, 1.82) is 0 Å². The molecule has 7 nitrogen and oxygen atoms in total. The van der Waals surface area contributed by atoms with Crippen LogP contribution in [0.15, 0.2) is 42.6 Å². The van der Waals surface area contributed by atoms with Gasteiger partial charge in [0.15, 0.2) is 5.75 Å². The van der Waals surface area contributed by atoms with Gasteiger partial charge in [-0.2, -0.15) is 13.2 Å². The smallest absolute Gasteiger partial charge is 0.417 e. The molecule has 0 atom stereocenters. The molecule has 0 aliphatic rings. The van der Waals surface area contributed by atoms with Gasteiger partial charge in [-0.3, -0.25) is 14.9 Å². The van der Waals surface area contributed by atoms with Crippen LogP contribution in [0.4, 0.5) is 28.9 Å². The molecule has 3 aromatic rings. The van der Waals surface area contributed by atoms with Crippen LogP contribution in [0.1, 0.15) is 15.9 Å². The number of ether oxygens (including phenoxy) is 1. The maximum Gasteiger partial charge on any atom is 0.417 e. The molecule has 0 aliphatic heterocycles. The number of nitro groups is 1. The van der Waals surface area contributed by atoms with Crippen molar-refractivity contribution in [2.45, 2.75) is 6.18 Å². The second kappa shape index (κ2) is 9.38. The number of non-ortho nitro benzene ring substituents is 1. The lowest BCUT2D eigenvalue weighted by atomic mass is 10.1. The topological polar surface area (TPSA) is 94.4 Å². The van der Waals surface area contributed by atoms with E-state index in [1.54, 1.807) is 0 Å². The number of benzene rings is 2. The number of carbonyl (C=O) groups is 1. The number of rotatable bonds is 5. The van der Waals surface area contributed by atoms with E-state index in [0.717, 1.165) is 30.3 Å². The molecule has 1 aromatic heterocycles. The molecule has 0 fully saturated rings. The summed E-state index contributed by atoms with van der Waals surface area (Å²) in [6.45, 7) is 0. The van der Waals surface area contributed by atoms with Gasteiger partial charge in [0.2, 0.25) is 5.88 Å². The van der Waals surface area contributed by atoms with Gasteiger partial charge in [-0.15, -0.1) is 0 Å². The molecule has 0 saturated carbocycles. The van der Waals surface area contributed by atoms with Crippen LogP contribution in [0.25, 0.3) is 0 Å². The van der Waals surface area contributed by atoms with Crippen molar-refractivity contribution in [3.63, 3.8) is 0 Å². The highest BCUT2D eigenvalue weighted by atomic mass is 35.5. The molecule has 172 valence electrons. The van der Waals surface area contributed by atoms with Crippen LogP contribution in [-0.2, 0) is 6.18 Å². The molecule has 1 amide bonds. The Morgan fingerprint density at radius 2 is 1.70 bits per heavy atom. The molecular formula is C19H8Cl3F4N3O4. The fraction of sp³-hybridized carbons (Fsp3) is 0.0526. The molecule has 0 radical (unpaired) electrons. The van der Waals surface area contributed by atoms with Crippen molar-refractivity contribution in [3.05, 3.63) is 84.7 Å². The van der Waals surface area contributed by atoms with E-state index in [2.05, 4.69) is 10.3 Å². The Labute approximate surface area is 197 Å². The standard InChI is InChI=1S/C19H8Cl3F4N3O4/c20-12-4-9(28-17(30)11-6-10(29(31)32)1-2-15(11)23)5-13(21)16(12)33-18-14(22)3-8(7-27-18)19(24,25)26/h1-7H,(H,28,30). The van der Waals surface area contributed by atoms with Crippen molar-refractivity contribution in [3.8, 4) is 11.6 Å². The number of aromatic nitrogens is 1. The van der Waals surface area contributed by atoms with Crippen LogP contribution < -0.4 is 10.1 Å². The number of pyridine rings is 1. The number of nitrogens with zero attached hydrogens (tertiary/aromatic N) is 2. The average Bonchev–Trinajstić information content (AvgIpc) is 2.71. The summed E-state index contributed by atoms with van der Waals surface area (Å²) in [5, 5.41) is 12.3. The van der Waals surface area contributed by atoms with Crippen molar-refractivity contribution in [2.75, 3.05) is 5.32 Å². The summed E-state index contributed by atoms with van der Waals surface area (Å²) < 4.78 is 57.5. The van der Waals surface area contributed by atoms with Gasteiger partial charge < -0.3 is 10.1 Å². The second-order valence-electron chi connectivity index (χ2n) is 6.26. The van der Waals surface area contributed by atoms with Crippen LogP contribution in [0.5, 0.6) is 11.6 Å². The van der Waals surface area contributed by atoms with Crippen LogP contribution in [0, 0.1) is 15.9 Å². The maximum atomic E-state index is 13.9. The number of anilines is 1. The molecule has 0 aliphatic carbocycles. The fourth-order valence-electron chi connectivity index (χ4n) is 2.48. The van der Waals surface area contributed by atoms with Gasteiger partial charge in [-0.05, 0) is 24.3 Å². The monoisotopic (exact) mass is 523 g/mol. The van der Waals surface area contributed by atoms with Crippen LogP contribution in [0.2, 0.25) is 15.1 Å². The highest BCUT2D eigenvalue weighted by molar-refractivity contribution is 6.38. The van der Waals surface area contributed by atoms with Crippen LogP contribution in [-0.4, -0.2) is 15.8 Å². The fourth-order valence-corrected chi connectivity index (χ4v) is 3.25. The number of hydrogen-bond acceptors (Lipinski definition) is 5. The van der Waals surface area contributed by atoms with E-state index < -0.39 is 50.5 Å². The summed E-state index contributed by atoms with van der Waals surface area (Å²) in [7, 11) is 0. The van der Waals surface area contributed by atoms with E-state index in [-0.39, 0.29) is 21.5 Å². The zero-order valence-corrected chi connectivity index (χ0v) is 18.0. The van der Waals surface area contributed by atoms with E-state index in [1.807, 2.05) is 0 Å². The van der Waals surface area contributed by atoms with Gasteiger partial charge >= 0.3 is 6.18 Å². The van der Waals surface area contributed by atoms with Crippen molar-refractivity contribution < 1.29 is 32.0 Å². The molecule has 2 aromatic carbocycles. The first kappa shape index (κ1) is 24.5. The predicted octanol–water partition coefficient (Wildman–Crippen LogP) is 7.15. The number of amides is 1. The predicted molar refractivity (Wildman–Crippen MR) is 112 cm³/mol. The highest BCUT2D eigenvalue weighted by Crippen LogP contribution is 2.41. The summed E-state index contributed by atoms with van der Waals surface area (Å²) in [6.07, 6.45) is -4.16. The van der Waals surface area contributed by atoms with E-state index in [4.69, 9.17) is 39.5 Å². The Hall–Kier alpha value is -3.15. The molecule has 0 bridgehead atoms. The third kappa shape index (κ3) is 5.62. The summed E-state index contributed by atoms with van der Waals surface area (Å²) in [5.41, 5.74) is -2.22. The Balaban J connectivity index is 1.85. The van der Waals surface area contributed by atoms with Crippen molar-refractivity contribution in [1.82, 2.24) is 4.98 Å². The zero-order chi connectivity index (χ0) is 24.5. The van der Waals surface area contributed by atoms with Gasteiger partial charge in [0.25, 0.3) is 11.6 Å². The van der Waals surface area contributed by atoms with E-state index in [1.165, 1.54) is 0 Å². The Kier molecular flexibility index (Phi) is 6.96. The van der Waals surface area contributed by atoms with Gasteiger partial charge in [-0.1, -0.05) is 34.8 Å². The normalized spacial score (nSPS) is 11.2. The first-order valence-corrected chi connectivity index (χ1v) is 9.65. The zero-order valence-electron chi connectivity index (χ0n) is 15.7. The van der Waals surface area contributed by atoms with Gasteiger partial charge in [0.05, 0.1) is 26.1 Å². The summed E-state index contributed by atoms with van der Waals surface area (Å²) in [5.74, 6) is -2.67. The van der Waals surface area contributed by atoms with Crippen LogP contribution >= 0.6 is 34.8 Å². The molecule has 3 rings (SSSR count). The highest BCUT2D eigenvalue weighted by Gasteiger charge is 2.32. The second-order valence-corrected chi connectivity index (χ2v) is 7.48. The molecule has 1 heterocycles. The number of alkyl halides is 3. The average molecular weight is 525 g/mol. The third-order valence-electron chi connectivity index (χ3n) is 4.00. The Morgan fingerprint density at radius 1 is 1.06 bits per heavy atom. The number of nitrogens with one attached hydrogen (secondary N) is 1. The Bertz CT molecular complexity index is 1250. The first-order chi connectivity index (χ1) is 15.4. The number of nitro benzene ring substituents is 1. The van der Waals surface area contributed by atoms with E-state index in [0.29, 0.717) is 12.3 Å². The summed E-state index contributed by atoms with van der Waals surface area (Å²) >= 11 is 18.0. The maximum absolute atomic E-state index is 13.9. The lowest BCUT2D eigenvalue weighted by Gasteiger charge is -2.13. The lowest BCUT2D eigenvalue weighted by Crippen LogP contribution is -2.14. The third-order valence-corrected chi connectivity index (χ3v) is 4.83. The molecular weight excluding hydrogens is 517 g/mol. The van der Waals surface area contributed by atoms with Gasteiger partial charge in [0, 0.05) is 24.0 Å². The molecule has 14 heteroatoms. The van der Waals surface area contributed by atoms with Crippen LogP contribution in [0.3, 0.4) is 0 Å². The summed E-state index contributed by atoms with van der Waals surface area (Å²) in [4.78, 5) is 25.9. The first-order valence-electron chi connectivity index (χ1n) is 8.51. The molecule has 1 N–H and O–H groups in total. The SMILES string of the molecule is O=C(Nc1cc(Cl)c(Oc2ncc(C(F)(F)F)cc2Cl)c(Cl)c1)c1cc([N+](=O)[O-])ccc1F. The number of carbonyl (C=O) groups excluding carboxylic acids is 1. The minimum atomic E-state index is -4.66. The molecule has 0 spiro atoms. The lowest BCUT2D eigenvalue weighted by molar-refractivity contribution is -0.384. The van der Waals surface area contributed by atoms with Gasteiger partial charge in [-0.25, -0.2) is 9.37 Å². The van der Waals surface area contributed by atoms with E-state index in [9.17, 15) is 32.5 Å².